The van der Waals surface area contributed by atoms with Crippen molar-refractivity contribution in [1.29, 1.82) is 0 Å². The quantitative estimate of drug-likeness (QED) is 0.911. The summed E-state index contributed by atoms with van der Waals surface area (Å²) in [5.74, 6) is 0.308. The van der Waals surface area contributed by atoms with Crippen LogP contribution in [-0.4, -0.2) is 28.7 Å². The van der Waals surface area contributed by atoms with E-state index in [-0.39, 0.29) is 30.9 Å². The molecular weight excluding hydrogens is 301 g/mol. The molecule has 0 radical (unpaired) electrons. The molecule has 0 fully saturated rings. The first kappa shape index (κ1) is 15.5. The van der Waals surface area contributed by atoms with Gasteiger partial charge in [0.25, 0.3) is 0 Å². The molecule has 0 bridgehead atoms. The van der Waals surface area contributed by atoms with E-state index in [0.717, 1.165) is 5.82 Å². The van der Waals surface area contributed by atoms with Gasteiger partial charge in [0.2, 0.25) is 5.91 Å². The van der Waals surface area contributed by atoms with Crippen LogP contribution >= 0.6 is 0 Å². The van der Waals surface area contributed by atoms with E-state index in [1.54, 1.807) is 18.3 Å². The molecule has 1 atom stereocenters. The lowest BCUT2D eigenvalue weighted by molar-refractivity contribution is -0.127. The Kier molecular flexibility index (Phi) is 4.57. The van der Waals surface area contributed by atoms with E-state index in [9.17, 15) is 9.18 Å². The fraction of sp³-hybridized carbons (Fsp3) is 0.375. The summed E-state index contributed by atoms with van der Waals surface area (Å²) in [5, 5.41) is 2.86. The summed E-state index contributed by atoms with van der Waals surface area (Å²) in [6.45, 7) is 0.553. The first-order valence-electron chi connectivity index (χ1n) is 7.39. The van der Waals surface area contributed by atoms with Crippen molar-refractivity contribution in [3.05, 3.63) is 47.8 Å². The number of hydrogen-bond donors (Lipinski definition) is 1. The molecule has 1 N–H and O–H groups in total. The predicted octanol–water partition coefficient (Wildman–Crippen LogP) is 1.72. The molecular formula is C16H18FN3O3. The van der Waals surface area contributed by atoms with Gasteiger partial charge in [0, 0.05) is 31.4 Å². The Labute approximate surface area is 133 Å². The zero-order valence-corrected chi connectivity index (χ0v) is 12.8. The number of hydrogen-bond acceptors (Lipinski definition) is 4. The summed E-state index contributed by atoms with van der Waals surface area (Å²) in [6, 6.07) is 4.45. The molecule has 0 aliphatic carbocycles. The third kappa shape index (κ3) is 3.50. The van der Waals surface area contributed by atoms with Gasteiger partial charge in [-0.3, -0.25) is 4.79 Å². The molecule has 1 amide bonds. The normalized spacial score (nSPS) is 16.5. The second kappa shape index (κ2) is 6.78. The Balaban J connectivity index is 1.55. The van der Waals surface area contributed by atoms with E-state index in [0.29, 0.717) is 18.6 Å². The molecule has 2 aromatic rings. The average Bonchev–Trinajstić information content (AvgIpc) is 2.94. The summed E-state index contributed by atoms with van der Waals surface area (Å²) < 4.78 is 26.3. The van der Waals surface area contributed by atoms with Crippen molar-refractivity contribution in [2.45, 2.75) is 19.1 Å². The van der Waals surface area contributed by atoms with E-state index in [2.05, 4.69) is 10.3 Å². The van der Waals surface area contributed by atoms with Crippen molar-refractivity contribution in [2.24, 2.45) is 7.05 Å². The number of nitrogens with one attached hydrogen (secondary N) is 1. The number of imidazole rings is 1. The maximum atomic E-state index is 13.7. The topological polar surface area (TPSA) is 65.4 Å². The summed E-state index contributed by atoms with van der Waals surface area (Å²) in [7, 11) is 1.86. The Morgan fingerprint density at radius 2 is 2.43 bits per heavy atom. The Morgan fingerprint density at radius 3 is 3.22 bits per heavy atom. The highest BCUT2D eigenvalue weighted by Crippen LogP contribution is 2.33. The van der Waals surface area contributed by atoms with Gasteiger partial charge in [0.05, 0.1) is 12.6 Å². The molecule has 2 heterocycles. The molecule has 6 nitrogen and oxygen atoms in total. The minimum atomic E-state index is -0.410. The number of fused-ring (bicyclic) bond motifs is 1. The lowest BCUT2D eigenvalue weighted by atomic mass is 10.0. The fourth-order valence-corrected chi connectivity index (χ4v) is 2.54. The van der Waals surface area contributed by atoms with E-state index in [4.69, 9.17) is 9.47 Å². The number of para-hydroxylation sites is 1. The van der Waals surface area contributed by atoms with Crippen LogP contribution in [0.5, 0.6) is 5.75 Å². The van der Waals surface area contributed by atoms with Crippen LogP contribution in [0, 0.1) is 5.82 Å². The van der Waals surface area contributed by atoms with Crippen molar-refractivity contribution in [3.8, 4) is 5.75 Å². The number of aromatic nitrogens is 2. The number of carbonyl (C=O) groups excluding carboxylic acids is 1. The van der Waals surface area contributed by atoms with Crippen molar-refractivity contribution < 1.29 is 18.7 Å². The minimum absolute atomic E-state index is 0.0745. The van der Waals surface area contributed by atoms with Crippen LogP contribution in [0.4, 0.5) is 4.39 Å². The lowest BCUT2D eigenvalue weighted by Gasteiger charge is -2.26. The summed E-state index contributed by atoms with van der Waals surface area (Å²) >= 11 is 0. The number of aryl methyl sites for hydroxylation is 1. The maximum Gasteiger partial charge on any atom is 0.246 e. The number of ether oxygens (including phenoxy) is 2. The summed E-state index contributed by atoms with van der Waals surface area (Å²) in [5.41, 5.74) is 0.661. The summed E-state index contributed by atoms with van der Waals surface area (Å²) in [4.78, 5) is 16.1. The second-order valence-corrected chi connectivity index (χ2v) is 5.36. The fourth-order valence-electron chi connectivity index (χ4n) is 2.54. The van der Waals surface area contributed by atoms with Crippen molar-refractivity contribution in [2.75, 3.05) is 13.2 Å². The Hall–Kier alpha value is -2.41. The monoisotopic (exact) mass is 319 g/mol. The van der Waals surface area contributed by atoms with E-state index >= 15 is 0 Å². The minimum Gasteiger partial charge on any atom is -0.490 e. The van der Waals surface area contributed by atoms with Gasteiger partial charge in [-0.1, -0.05) is 12.1 Å². The lowest BCUT2D eigenvalue weighted by Crippen LogP contribution is -2.34. The third-order valence-corrected chi connectivity index (χ3v) is 3.75. The van der Waals surface area contributed by atoms with Crippen LogP contribution in [0.25, 0.3) is 0 Å². The number of amides is 1. The zero-order chi connectivity index (χ0) is 16.2. The van der Waals surface area contributed by atoms with Crippen LogP contribution < -0.4 is 10.1 Å². The number of nitrogens with zero attached hydrogens (tertiary/aromatic N) is 2. The number of rotatable bonds is 5. The van der Waals surface area contributed by atoms with Crippen LogP contribution in [0.3, 0.4) is 0 Å². The van der Waals surface area contributed by atoms with E-state index in [1.165, 1.54) is 6.07 Å². The SMILES string of the molecule is Cn1ccnc1COCC(=O)NC1CCOc2c(F)cccc21. The van der Waals surface area contributed by atoms with Crippen LogP contribution in [-0.2, 0) is 23.2 Å². The average molecular weight is 319 g/mol. The van der Waals surface area contributed by atoms with Gasteiger partial charge in [0.15, 0.2) is 11.6 Å². The van der Waals surface area contributed by atoms with Gasteiger partial charge >= 0.3 is 0 Å². The van der Waals surface area contributed by atoms with Gasteiger partial charge in [-0.05, 0) is 6.07 Å². The van der Waals surface area contributed by atoms with Gasteiger partial charge in [-0.15, -0.1) is 0 Å². The van der Waals surface area contributed by atoms with Crippen LogP contribution in [0.1, 0.15) is 23.9 Å². The molecule has 0 saturated heterocycles. The molecule has 0 saturated carbocycles. The van der Waals surface area contributed by atoms with Gasteiger partial charge < -0.3 is 19.4 Å². The van der Waals surface area contributed by atoms with Crippen LogP contribution in [0.15, 0.2) is 30.6 Å². The zero-order valence-electron chi connectivity index (χ0n) is 12.8. The van der Waals surface area contributed by atoms with E-state index < -0.39 is 5.82 Å². The van der Waals surface area contributed by atoms with Crippen LogP contribution in [0.2, 0.25) is 0 Å². The second-order valence-electron chi connectivity index (χ2n) is 5.36. The maximum absolute atomic E-state index is 13.7. The number of benzene rings is 1. The highest BCUT2D eigenvalue weighted by Gasteiger charge is 2.25. The molecule has 0 spiro atoms. The molecule has 1 aromatic carbocycles. The molecule has 1 unspecified atom stereocenters. The van der Waals surface area contributed by atoms with Gasteiger partial charge in [-0.2, -0.15) is 0 Å². The number of carbonyl (C=O) groups is 1. The molecule has 1 aliphatic rings. The van der Waals surface area contributed by atoms with Crippen molar-refractivity contribution >= 4 is 5.91 Å². The number of halogens is 1. The molecule has 1 aromatic heterocycles. The highest BCUT2D eigenvalue weighted by atomic mass is 19.1. The predicted molar refractivity (Wildman–Crippen MR) is 80.3 cm³/mol. The van der Waals surface area contributed by atoms with Crippen molar-refractivity contribution in [1.82, 2.24) is 14.9 Å². The largest absolute Gasteiger partial charge is 0.490 e. The Bertz CT molecular complexity index is 702. The molecule has 122 valence electrons. The van der Waals surface area contributed by atoms with E-state index in [1.807, 2.05) is 17.8 Å². The standard InChI is InChI=1S/C16H18FN3O3/c1-20-7-6-18-14(20)9-22-10-15(21)19-13-5-8-23-16-11(13)3-2-4-12(16)17/h2-4,6-7,13H,5,8-10H2,1H3,(H,19,21). The molecule has 1 aliphatic heterocycles. The van der Waals surface area contributed by atoms with Gasteiger partial charge in [-0.25, -0.2) is 9.37 Å². The third-order valence-electron chi connectivity index (χ3n) is 3.75. The summed E-state index contributed by atoms with van der Waals surface area (Å²) in [6.07, 6.45) is 4.08. The first-order valence-corrected chi connectivity index (χ1v) is 7.39. The molecule has 7 heteroatoms. The van der Waals surface area contributed by atoms with Crippen molar-refractivity contribution in [3.63, 3.8) is 0 Å². The highest BCUT2D eigenvalue weighted by molar-refractivity contribution is 5.77. The Morgan fingerprint density at radius 1 is 1.57 bits per heavy atom. The smallest absolute Gasteiger partial charge is 0.246 e. The molecule has 23 heavy (non-hydrogen) atoms. The first-order chi connectivity index (χ1) is 11.1. The van der Waals surface area contributed by atoms with Gasteiger partial charge in [0.1, 0.15) is 19.0 Å². The molecule has 3 rings (SSSR count).